The van der Waals surface area contributed by atoms with Crippen LogP contribution in [0.5, 0.6) is 0 Å². The van der Waals surface area contributed by atoms with Gasteiger partial charge >= 0.3 is 5.97 Å². The number of carbonyl (C=O) groups excluding carboxylic acids is 1. The number of hydrogen-bond acceptors (Lipinski definition) is 4. The molecule has 0 aliphatic rings. The number of rotatable bonds is 5. The smallest absolute Gasteiger partial charge is 0.334 e. The lowest BCUT2D eigenvalue weighted by molar-refractivity contribution is -0.149. The Morgan fingerprint density at radius 1 is 1.33 bits per heavy atom. The molecule has 4 nitrogen and oxygen atoms in total. The van der Waals surface area contributed by atoms with Crippen LogP contribution in [0.2, 0.25) is 0 Å². The molecule has 4 heteroatoms. The minimum Gasteiger partial charge on any atom is -0.461 e. The second-order valence-electron chi connectivity index (χ2n) is 5.21. The summed E-state index contributed by atoms with van der Waals surface area (Å²) < 4.78 is 4.94. The van der Waals surface area contributed by atoms with Crippen LogP contribution in [0.4, 0.5) is 0 Å². The fourth-order valence-corrected chi connectivity index (χ4v) is 1.09. The van der Waals surface area contributed by atoms with Crippen molar-refractivity contribution >= 4 is 5.97 Å². The number of esters is 1. The standard InChI is InChI=1S/C11H21NO3/c1-8(2)15-10(13)9(12-14)6-7-11(3,4)5/h8-9H,6-7H2,1-5H3. The van der Waals surface area contributed by atoms with Crippen LogP contribution in [-0.4, -0.2) is 18.1 Å². The highest BCUT2D eigenvalue weighted by Gasteiger charge is 2.24. The van der Waals surface area contributed by atoms with Gasteiger partial charge in [-0.05, 0) is 32.1 Å². The first-order chi connectivity index (χ1) is 6.76. The first-order valence-electron chi connectivity index (χ1n) is 5.29. The van der Waals surface area contributed by atoms with Crippen LogP contribution in [0.1, 0.15) is 47.5 Å². The molecule has 0 fully saturated rings. The quantitative estimate of drug-likeness (QED) is 0.523. The number of nitroso groups, excluding NO2 is 1. The number of hydrogen-bond donors (Lipinski definition) is 0. The summed E-state index contributed by atoms with van der Waals surface area (Å²) in [6.45, 7) is 9.68. The average molecular weight is 215 g/mol. The topological polar surface area (TPSA) is 55.7 Å². The van der Waals surface area contributed by atoms with Crippen molar-refractivity contribution in [3.05, 3.63) is 4.91 Å². The largest absolute Gasteiger partial charge is 0.461 e. The molecule has 88 valence electrons. The zero-order chi connectivity index (χ0) is 12.1. The summed E-state index contributed by atoms with van der Waals surface area (Å²) in [7, 11) is 0. The van der Waals surface area contributed by atoms with Gasteiger partial charge in [0, 0.05) is 0 Å². The van der Waals surface area contributed by atoms with Gasteiger partial charge in [-0.25, -0.2) is 4.79 Å². The molecule has 0 radical (unpaired) electrons. The van der Waals surface area contributed by atoms with Crippen molar-refractivity contribution in [1.82, 2.24) is 0 Å². The molecule has 15 heavy (non-hydrogen) atoms. The van der Waals surface area contributed by atoms with Gasteiger partial charge in [0.15, 0.2) is 6.04 Å². The van der Waals surface area contributed by atoms with Gasteiger partial charge in [-0.2, -0.15) is 0 Å². The van der Waals surface area contributed by atoms with E-state index in [-0.39, 0.29) is 11.5 Å². The maximum absolute atomic E-state index is 11.4. The molecule has 1 unspecified atom stereocenters. The summed E-state index contributed by atoms with van der Waals surface area (Å²) in [5.74, 6) is -0.510. The molecule has 0 amide bonds. The minimum absolute atomic E-state index is 0.0983. The summed E-state index contributed by atoms with van der Waals surface area (Å²) >= 11 is 0. The van der Waals surface area contributed by atoms with E-state index in [1.807, 2.05) is 0 Å². The molecule has 0 rings (SSSR count). The maximum Gasteiger partial charge on any atom is 0.334 e. The van der Waals surface area contributed by atoms with E-state index in [0.29, 0.717) is 6.42 Å². The second kappa shape index (κ2) is 5.83. The Morgan fingerprint density at radius 3 is 2.20 bits per heavy atom. The summed E-state index contributed by atoms with van der Waals surface area (Å²) in [6.07, 6.45) is 1.03. The normalized spacial score (nSPS) is 13.7. The fourth-order valence-electron chi connectivity index (χ4n) is 1.09. The van der Waals surface area contributed by atoms with Gasteiger partial charge in [-0.1, -0.05) is 25.9 Å². The third-order valence-corrected chi connectivity index (χ3v) is 1.92. The predicted octanol–water partition coefficient (Wildman–Crippen LogP) is 2.90. The van der Waals surface area contributed by atoms with Gasteiger partial charge in [-0.3, -0.25) is 0 Å². The van der Waals surface area contributed by atoms with Crippen molar-refractivity contribution in [2.45, 2.75) is 59.6 Å². The van der Waals surface area contributed by atoms with E-state index in [9.17, 15) is 9.70 Å². The van der Waals surface area contributed by atoms with Crippen molar-refractivity contribution in [1.29, 1.82) is 0 Å². The maximum atomic E-state index is 11.4. The molecule has 0 aromatic rings. The Balaban J connectivity index is 4.13. The zero-order valence-corrected chi connectivity index (χ0v) is 10.2. The second-order valence-corrected chi connectivity index (χ2v) is 5.21. The highest BCUT2D eigenvalue weighted by Crippen LogP contribution is 2.22. The van der Waals surface area contributed by atoms with Crippen LogP contribution in [-0.2, 0) is 9.53 Å². The van der Waals surface area contributed by atoms with Crippen LogP contribution in [0.15, 0.2) is 5.18 Å². The molecule has 0 aliphatic heterocycles. The predicted molar refractivity (Wildman–Crippen MR) is 59.5 cm³/mol. The third-order valence-electron chi connectivity index (χ3n) is 1.92. The lowest BCUT2D eigenvalue weighted by Gasteiger charge is -2.19. The molecule has 0 saturated heterocycles. The van der Waals surface area contributed by atoms with E-state index < -0.39 is 12.0 Å². The van der Waals surface area contributed by atoms with E-state index in [4.69, 9.17) is 4.74 Å². The van der Waals surface area contributed by atoms with E-state index in [2.05, 4.69) is 25.9 Å². The summed E-state index contributed by atoms with van der Waals surface area (Å²) in [6, 6.07) is -0.855. The van der Waals surface area contributed by atoms with Crippen molar-refractivity contribution in [2.24, 2.45) is 10.6 Å². The summed E-state index contributed by atoms with van der Waals surface area (Å²) in [5.41, 5.74) is 0.0983. The molecule has 0 bridgehead atoms. The number of nitrogens with zero attached hydrogens (tertiary/aromatic N) is 1. The minimum atomic E-state index is -0.855. The Hall–Kier alpha value is -0.930. The molecule has 1 atom stereocenters. The van der Waals surface area contributed by atoms with Crippen molar-refractivity contribution in [3.8, 4) is 0 Å². The van der Waals surface area contributed by atoms with Crippen LogP contribution in [0.25, 0.3) is 0 Å². The SMILES string of the molecule is CC(C)OC(=O)C(CCC(C)(C)C)N=O. The Morgan fingerprint density at radius 2 is 1.87 bits per heavy atom. The molecular weight excluding hydrogens is 194 g/mol. The van der Waals surface area contributed by atoms with Crippen molar-refractivity contribution in [3.63, 3.8) is 0 Å². The van der Waals surface area contributed by atoms with Gasteiger partial charge in [0.1, 0.15) is 0 Å². The Kier molecular flexibility index (Phi) is 5.47. The lowest BCUT2D eigenvalue weighted by Crippen LogP contribution is -2.25. The molecule has 0 spiro atoms. The van der Waals surface area contributed by atoms with Crippen molar-refractivity contribution in [2.75, 3.05) is 0 Å². The molecule has 0 N–H and O–H groups in total. The van der Waals surface area contributed by atoms with Gasteiger partial charge in [0.2, 0.25) is 0 Å². The van der Waals surface area contributed by atoms with E-state index in [0.717, 1.165) is 6.42 Å². The van der Waals surface area contributed by atoms with Crippen LogP contribution in [0.3, 0.4) is 0 Å². The van der Waals surface area contributed by atoms with Gasteiger partial charge < -0.3 is 4.74 Å². The average Bonchev–Trinajstić information content (AvgIpc) is 2.01. The molecule has 0 aliphatic carbocycles. The highest BCUT2D eigenvalue weighted by atomic mass is 16.5. The van der Waals surface area contributed by atoms with E-state index in [1.165, 1.54) is 0 Å². The van der Waals surface area contributed by atoms with Gasteiger partial charge in [0.05, 0.1) is 6.10 Å². The zero-order valence-electron chi connectivity index (χ0n) is 10.2. The van der Waals surface area contributed by atoms with Gasteiger partial charge in [-0.15, -0.1) is 4.91 Å². The van der Waals surface area contributed by atoms with Gasteiger partial charge in [0.25, 0.3) is 0 Å². The number of carbonyl (C=O) groups is 1. The van der Waals surface area contributed by atoms with Crippen molar-refractivity contribution < 1.29 is 9.53 Å². The third kappa shape index (κ3) is 7.05. The first-order valence-corrected chi connectivity index (χ1v) is 5.29. The Labute approximate surface area is 91.4 Å². The fraction of sp³-hybridized carbons (Fsp3) is 0.909. The molecule has 0 saturated carbocycles. The van der Waals surface area contributed by atoms with E-state index in [1.54, 1.807) is 13.8 Å². The van der Waals surface area contributed by atoms with Crippen LogP contribution in [0, 0.1) is 10.3 Å². The van der Waals surface area contributed by atoms with Crippen LogP contribution >= 0.6 is 0 Å². The monoisotopic (exact) mass is 215 g/mol. The first kappa shape index (κ1) is 14.1. The molecule has 0 heterocycles. The molecular formula is C11H21NO3. The molecule has 0 aromatic carbocycles. The summed E-state index contributed by atoms with van der Waals surface area (Å²) in [5, 5.41) is 2.82. The molecule has 0 aromatic heterocycles. The van der Waals surface area contributed by atoms with Crippen LogP contribution < -0.4 is 0 Å². The Bertz CT molecular complexity index is 218. The highest BCUT2D eigenvalue weighted by molar-refractivity contribution is 5.76. The van der Waals surface area contributed by atoms with E-state index >= 15 is 0 Å². The lowest BCUT2D eigenvalue weighted by atomic mass is 9.89. The number of ether oxygens (including phenoxy) is 1. The summed E-state index contributed by atoms with van der Waals surface area (Å²) in [4.78, 5) is 21.9.